The van der Waals surface area contributed by atoms with Gasteiger partial charge in [-0.25, -0.2) is 0 Å². The Morgan fingerprint density at radius 3 is 2.33 bits per heavy atom. The molecule has 10 heteroatoms. The summed E-state index contributed by atoms with van der Waals surface area (Å²) < 4.78 is 5.50. The number of hydrogen-bond acceptors (Lipinski definition) is 6. The van der Waals surface area contributed by atoms with E-state index in [1.165, 1.54) is 0 Å². The average molecular weight is 543 g/mol. The molecule has 39 heavy (non-hydrogen) atoms. The molecule has 0 aliphatic carbocycles. The van der Waals surface area contributed by atoms with Crippen molar-refractivity contribution >= 4 is 29.9 Å². The number of aldehydes is 1. The first kappa shape index (κ1) is 30.1. The lowest BCUT2D eigenvalue weighted by atomic mass is 9.93. The van der Waals surface area contributed by atoms with Crippen molar-refractivity contribution in [2.24, 2.45) is 5.92 Å². The summed E-state index contributed by atoms with van der Waals surface area (Å²) in [5, 5.41) is 8.58. The molecule has 2 fully saturated rings. The molecule has 2 aliphatic heterocycles. The summed E-state index contributed by atoms with van der Waals surface area (Å²) in [5.74, 6) is -1.08. The van der Waals surface area contributed by atoms with E-state index in [0.29, 0.717) is 38.2 Å². The highest BCUT2D eigenvalue weighted by molar-refractivity contribution is 5.97. The second-order valence-corrected chi connectivity index (χ2v) is 10.4. The maximum Gasteiger partial charge on any atom is 0.246 e. The van der Waals surface area contributed by atoms with Crippen LogP contribution in [0.15, 0.2) is 24.3 Å². The van der Waals surface area contributed by atoms with E-state index in [-0.39, 0.29) is 37.0 Å². The van der Waals surface area contributed by atoms with Crippen molar-refractivity contribution in [2.75, 3.05) is 13.2 Å². The molecule has 2 aliphatic rings. The first-order valence-electron chi connectivity index (χ1n) is 14.2. The second kappa shape index (κ2) is 14.6. The molecule has 5 atom stereocenters. The smallest absolute Gasteiger partial charge is 0.246 e. The highest BCUT2D eigenvalue weighted by atomic mass is 16.5. The molecule has 3 rings (SSSR count). The fourth-order valence-electron chi connectivity index (χ4n) is 5.13. The molecule has 0 spiro atoms. The molecule has 1 aromatic rings. The number of nitrogens with one attached hydrogen (secondary N) is 3. The number of ether oxygens (including phenoxy) is 1. The van der Waals surface area contributed by atoms with Crippen molar-refractivity contribution in [1.29, 1.82) is 0 Å². The van der Waals surface area contributed by atoms with Crippen LogP contribution in [0, 0.1) is 5.92 Å². The van der Waals surface area contributed by atoms with Gasteiger partial charge in [-0.1, -0.05) is 32.4 Å². The van der Waals surface area contributed by atoms with E-state index in [1.807, 2.05) is 32.9 Å². The fourth-order valence-corrected chi connectivity index (χ4v) is 5.13. The number of carbonyl (C=O) groups excluding carboxylic acids is 5. The Hall–Kier alpha value is -3.43. The van der Waals surface area contributed by atoms with Crippen LogP contribution in [0.25, 0.3) is 0 Å². The molecule has 0 unspecified atom stereocenters. The minimum absolute atomic E-state index is 0.173. The zero-order chi connectivity index (χ0) is 28.4. The number of nitrogens with zero attached hydrogens (tertiary/aromatic N) is 1. The van der Waals surface area contributed by atoms with E-state index in [4.69, 9.17) is 4.74 Å². The SMILES string of the molecule is CCOc1ccc(C[C@H]2NC(=O)[C@H](CCCC=O)NC(=O)[C@@H]3CCCCN3C(=O)[C@H]([C@@H](C)CC)NC2=O)cc1. The van der Waals surface area contributed by atoms with Crippen molar-refractivity contribution in [1.82, 2.24) is 20.9 Å². The van der Waals surface area contributed by atoms with Gasteiger partial charge in [-0.2, -0.15) is 0 Å². The molecule has 1 aromatic carbocycles. The largest absolute Gasteiger partial charge is 0.494 e. The van der Waals surface area contributed by atoms with Gasteiger partial charge in [0.15, 0.2) is 0 Å². The quantitative estimate of drug-likeness (QED) is 0.305. The Labute approximate surface area is 230 Å². The molecule has 4 amide bonds. The van der Waals surface area contributed by atoms with Crippen LogP contribution >= 0.6 is 0 Å². The van der Waals surface area contributed by atoms with E-state index in [9.17, 15) is 24.0 Å². The van der Waals surface area contributed by atoms with E-state index < -0.39 is 36.0 Å². The summed E-state index contributed by atoms with van der Waals surface area (Å²) in [6, 6.07) is 3.83. The predicted molar refractivity (Wildman–Crippen MR) is 146 cm³/mol. The van der Waals surface area contributed by atoms with Gasteiger partial charge >= 0.3 is 0 Å². The van der Waals surface area contributed by atoms with E-state index in [2.05, 4.69) is 16.0 Å². The third-order valence-corrected chi connectivity index (χ3v) is 7.62. The van der Waals surface area contributed by atoms with Crippen LogP contribution < -0.4 is 20.7 Å². The Morgan fingerprint density at radius 1 is 0.974 bits per heavy atom. The van der Waals surface area contributed by atoms with Gasteiger partial charge in [-0.05, 0) is 62.6 Å². The van der Waals surface area contributed by atoms with Crippen molar-refractivity contribution in [3.8, 4) is 5.75 Å². The second-order valence-electron chi connectivity index (χ2n) is 10.4. The van der Waals surface area contributed by atoms with Gasteiger partial charge in [-0.15, -0.1) is 0 Å². The third kappa shape index (κ3) is 8.03. The van der Waals surface area contributed by atoms with Gasteiger partial charge in [0.05, 0.1) is 6.61 Å². The van der Waals surface area contributed by atoms with Crippen LogP contribution in [0.2, 0.25) is 0 Å². The van der Waals surface area contributed by atoms with Gasteiger partial charge in [0.1, 0.15) is 36.2 Å². The number of rotatable bonds is 10. The molecule has 10 nitrogen and oxygen atoms in total. The summed E-state index contributed by atoms with van der Waals surface area (Å²) >= 11 is 0. The lowest BCUT2D eigenvalue weighted by Crippen LogP contribution is -2.64. The maximum absolute atomic E-state index is 13.8. The molecule has 0 bridgehead atoms. The first-order chi connectivity index (χ1) is 18.8. The first-order valence-corrected chi connectivity index (χ1v) is 14.2. The van der Waals surface area contributed by atoms with Crippen LogP contribution in [0.4, 0.5) is 0 Å². The van der Waals surface area contributed by atoms with Crippen molar-refractivity contribution in [2.45, 2.75) is 96.3 Å². The Kier molecular flexibility index (Phi) is 11.3. The minimum Gasteiger partial charge on any atom is -0.494 e. The lowest BCUT2D eigenvalue weighted by Gasteiger charge is -2.39. The summed E-state index contributed by atoms with van der Waals surface area (Å²) in [6.07, 6.45) is 4.54. The summed E-state index contributed by atoms with van der Waals surface area (Å²) in [6.45, 7) is 6.68. The Bertz CT molecular complexity index is 1010. The standard InChI is InChI=1S/C29H42N4O6/c1-4-19(3)25-29(38)33-16-8-6-11-24(33)28(37)30-22(10-7-9-17-34)26(35)31-23(27(36)32-25)18-20-12-14-21(15-13-20)39-5-2/h12-15,17,19,22-25H,4-11,16,18H2,1-3H3,(H,30,37)(H,31,35)(H,32,36)/t19-,22-,23+,24-,25-/m0/s1. The van der Waals surface area contributed by atoms with Gasteiger partial charge < -0.3 is 30.4 Å². The fraction of sp³-hybridized carbons (Fsp3) is 0.621. The third-order valence-electron chi connectivity index (χ3n) is 7.62. The monoisotopic (exact) mass is 542 g/mol. The molecular formula is C29H42N4O6. The normalized spacial score (nSPS) is 25.3. The molecular weight excluding hydrogens is 500 g/mol. The Morgan fingerprint density at radius 2 is 1.67 bits per heavy atom. The van der Waals surface area contributed by atoms with E-state index in [0.717, 1.165) is 24.7 Å². The topological polar surface area (TPSA) is 134 Å². The maximum atomic E-state index is 13.8. The summed E-state index contributed by atoms with van der Waals surface area (Å²) in [4.78, 5) is 66.8. The molecule has 2 heterocycles. The van der Waals surface area contributed by atoms with Crippen molar-refractivity contribution < 1.29 is 28.7 Å². The molecule has 0 saturated carbocycles. The van der Waals surface area contributed by atoms with Crippen LogP contribution in [0.1, 0.15) is 71.3 Å². The van der Waals surface area contributed by atoms with Crippen LogP contribution in [0.5, 0.6) is 5.75 Å². The number of benzene rings is 1. The minimum atomic E-state index is -0.975. The molecule has 214 valence electrons. The number of amides is 4. The number of fused-ring (bicyclic) bond motifs is 1. The van der Waals surface area contributed by atoms with Gasteiger partial charge in [0.25, 0.3) is 0 Å². The highest BCUT2D eigenvalue weighted by Crippen LogP contribution is 2.22. The summed E-state index contributed by atoms with van der Waals surface area (Å²) in [7, 11) is 0. The van der Waals surface area contributed by atoms with Gasteiger partial charge in [0, 0.05) is 19.4 Å². The Balaban J connectivity index is 1.96. The number of carbonyl (C=O) groups is 5. The molecule has 3 N–H and O–H groups in total. The van der Waals surface area contributed by atoms with Crippen molar-refractivity contribution in [3.63, 3.8) is 0 Å². The van der Waals surface area contributed by atoms with Crippen molar-refractivity contribution in [3.05, 3.63) is 29.8 Å². The zero-order valence-electron chi connectivity index (χ0n) is 23.2. The van der Waals surface area contributed by atoms with Crippen LogP contribution in [0.3, 0.4) is 0 Å². The summed E-state index contributed by atoms with van der Waals surface area (Å²) in [5.41, 5.74) is 0.801. The molecule has 0 aromatic heterocycles. The van der Waals surface area contributed by atoms with E-state index in [1.54, 1.807) is 17.0 Å². The zero-order valence-corrected chi connectivity index (χ0v) is 23.2. The molecule has 2 saturated heterocycles. The van der Waals surface area contributed by atoms with Crippen LogP contribution in [-0.2, 0) is 30.4 Å². The van der Waals surface area contributed by atoms with Gasteiger partial charge in [-0.3, -0.25) is 19.2 Å². The van der Waals surface area contributed by atoms with Gasteiger partial charge in [0.2, 0.25) is 23.6 Å². The lowest BCUT2D eigenvalue weighted by molar-refractivity contribution is -0.147. The van der Waals surface area contributed by atoms with E-state index >= 15 is 0 Å². The highest BCUT2D eigenvalue weighted by Gasteiger charge is 2.40. The number of unbranched alkanes of at least 4 members (excludes halogenated alkanes) is 1. The average Bonchev–Trinajstić information content (AvgIpc) is 2.94. The van der Waals surface area contributed by atoms with Crippen LogP contribution in [-0.4, -0.2) is 72.1 Å². The number of piperidine rings is 1. The predicted octanol–water partition coefficient (Wildman–Crippen LogP) is 1.89. The number of hydrogen-bond donors (Lipinski definition) is 3. The molecule has 0 radical (unpaired) electrons.